The zero-order valence-corrected chi connectivity index (χ0v) is 16.8. The Morgan fingerprint density at radius 3 is 2.81 bits per heavy atom. The van der Waals surface area contributed by atoms with Crippen LogP contribution in [0, 0.1) is 0 Å². The van der Waals surface area contributed by atoms with Gasteiger partial charge in [0.15, 0.2) is 5.96 Å². The van der Waals surface area contributed by atoms with E-state index >= 15 is 0 Å². The summed E-state index contributed by atoms with van der Waals surface area (Å²) in [5.41, 5.74) is 0. The van der Waals surface area contributed by atoms with Gasteiger partial charge in [-0.1, -0.05) is 17.7 Å². The minimum atomic E-state index is -3.58. The molecule has 1 aromatic heterocycles. The van der Waals surface area contributed by atoms with E-state index in [0.717, 1.165) is 19.5 Å². The van der Waals surface area contributed by atoms with Crippen molar-refractivity contribution in [3.8, 4) is 0 Å². The highest BCUT2D eigenvalue weighted by Gasteiger charge is 2.13. The lowest BCUT2D eigenvalue weighted by Crippen LogP contribution is -2.41. The summed E-state index contributed by atoms with van der Waals surface area (Å²) in [5.74, 6) is 0.653. The predicted molar refractivity (Wildman–Crippen MR) is 107 cm³/mol. The second-order valence-electron chi connectivity index (χ2n) is 5.67. The lowest BCUT2D eigenvalue weighted by molar-refractivity contribution is 0.579. The van der Waals surface area contributed by atoms with E-state index < -0.39 is 10.0 Å². The average Bonchev–Trinajstić information content (AvgIpc) is 3.15. The third-order valence-corrected chi connectivity index (χ3v) is 5.23. The van der Waals surface area contributed by atoms with E-state index in [0.29, 0.717) is 24.1 Å². The molecule has 0 bridgehead atoms. The van der Waals surface area contributed by atoms with Crippen LogP contribution in [0.4, 0.5) is 0 Å². The van der Waals surface area contributed by atoms with Crippen LogP contribution in [-0.2, 0) is 16.6 Å². The molecule has 0 saturated heterocycles. The summed E-state index contributed by atoms with van der Waals surface area (Å²) in [4.78, 5) is 4.62. The number of aromatic nitrogens is 2. The van der Waals surface area contributed by atoms with E-state index in [2.05, 4.69) is 25.4 Å². The van der Waals surface area contributed by atoms with Crippen molar-refractivity contribution in [1.29, 1.82) is 0 Å². The van der Waals surface area contributed by atoms with Crippen LogP contribution in [0.5, 0.6) is 0 Å². The van der Waals surface area contributed by atoms with Gasteiger partial charge in [0.1, 0.15) is 0 Å². The number of halogens is 1. The first-order valence-electron chi connectivity index (χ1n) is 8.76. The molecule has 2 aromatic rings. The molecule has 0 aliphatic rings. The highest BCUT2D eigenvalue weighted by Crippen LogP contribution is 2.14. The number of aryl methyl sites for hydroxylation is 1. The Bertz CT molecular complexity index is 824. The number of benzene rings is 1. The summed E-state index contributed by atoms with van der Waals surface area (Å²) < 4.78 is 28.9. The standard InChI is InChI=1S/C17H25ClN6O2S/c1-2-19-17(20-8-4-12-24-13-5-9-22-24)21-10-11-23-27(25,26)16-7-3-6-15(18)14-16/h3,5-7,9,13-14,23H,2,4,8,10-12H2,1H3,(H2,19,20,21). The third-order valence-electron chi connectivity index (χ3n) is 3.53. The topological polar surface area (TPSA) is 100 Å². The van der Waals surface area contributed by atoms with Crippen molar-refractivity contribution in [3.63, 3.8) is 0 Å². The van der Waals surface area contributed by atoms with Gasteiger partial charge >= 0.3 is 0 Å². The molecular formula is C17H25ClN6O2S. The molecule has 0 amide bonds. The lowest BCUT2D eigenvalue weighted by Gasteiger charge is -2.12. The summed E-state index contributed by atoms with van der Waals surface area (Å²) in [6, 6.07) is 8.05. The fourth-order valence-electron chi connectivity index (χ4n) is 2.28. The van der Waals surface area contributed by atoms with Gasteiger partial charge in [-0.3, -0.25) is 9.67 Å². The molecule has 2 rings (SSSR count). The van der Waals surface area contributed by atoms with E-state index in [9.17, 15) is 8.42 Å². The van der Waals surface area contributed by atoms with E-state index in [4.69, 9.17) is 11.6 Å². The van der Waals surface area contributed by atoms with Gasteiger partial charge in [-0.05, 0) is 37.6 Å². The number of hydrogen-bond acceptors (Lipinski definition) is 4. The Labute approximate surface area is 165 Å². The van der Waals surface area contributed by atoms with Gasteiger partial charge in [0.2, 0.25) is 10.0 Å². The third kappa shape index (κ3) is 7.58. The molecule has 0 unspecified atom stereocenters. The second kappa shape index (κ2) is 10.9. The Morgan fingerprint density at radius 2 is 2.11 bits per heavy atom. The smallest absolute Gasteiger partial charge is 0.240 e. The Balaban J connectivity index is 1.75. The van der Waals surface area contributed by atoms with Crippen LogP contribution >= 0.6 is 11.6 Å². The van der Waals surface area contributed by atoms with Crippen LogP contribution in [0.25, 0.3) is 0 Å². The number of rotatable bonds is 10. The number of guanidine groups is 1. The van der Waals surface area contributed by atoms with Gasteiger partial charge in [-0.15, -0.1) is 0 Å². The van der Waals surface area contributed by atoms with Crippen molar-refractivity contribution >= 4 is 27.6 Å². The van der Waals surface area contributed by atoms with E-state index in [1.165, 1.54) is 12.1 Å². The van der Waals surface area contributed by atoms with Crippen molar-refractivity contribution in [3.05, 3.63) is 47.7 Å². The maximum absolute atomic E-state index is 12.2. The lowest BCUT2D eigenvalue weighted by atomic mass is 10.4. The van der Waals surface area contributed by atoms with Crippen LogP contribution < -0.4 is 15.4 Å². The first kappa shape index (κ1) is 21.2. The van der Waals surface area contributed by atoms with Gasteiger partial charge in [0.25, 0.3) is 0 Å². The second-order valence-corrected chi connectivity index (χ2v) is 7.87. The van der Waals surface area contributed by atoms with Crippen LogP contribution in [-0.4, -0.2) is 50.3 Å². The van der Waals surface area contributed by atoms with E-state index in [1.54, 1.807) is 18.3 Å². The van der Waals surface area contributed by atoms with Crippen molar-refractivity contribution in [1.82, 2.24) is 25.1 Å². The Hall–Kier alpha value is -2.10. The summed E-state index contributed by atoms with van der Waals surface area (Å²) >= 11 is 5.85. The van der Waals surface area contributed by atoms with Crippen molar-refractivity contribution in [2.75, 3.05) is 26.2 Å². The van der Waals surface area contributed by atoms with Gasteiger partial charge in [0.05, 0.1) is 4.90 Å². The molecule has 0 radical (unpaired) electrons. The largest absolute Gasteiger partial charge is 0.357 e. The first-order valence-corrected chi connectivity index (χ1v) is 10.6. The molecule has 0 saturated carbocycles. The van der Waals surface area contributed by atoms with Crippen molar-refractivity contribution < 1.29 is 8.42 Å². The number of aliphatic imine (C=N–C) groups is 1. The monoisotopic (exact) mass is 412 g/mol. The van der Waals surface area contributed by atoms with Crippen LogP contribution in [0.3, 0.4) is 0 Å². The molecule has 0 atom stereocenters. The summed E-state index contributed by atoms with van der Waals surface area (Å²) in [6.07, 6.45) is 4.53. The zero-order chi connectivity index (χ0) is 19.5. The van der Waals surface area contributed by atoms with Crippen molar-refractivity contribution in [2.24, 2.45) is 4.99 Å². The average molecular weight is 413 g/mol. The van der Waals surface area contributed by atoms with Gasteiger partial charge in [0, 0.05) is 50.1 Å². The fourth-order valence-corrected chi connectivity index (χ4v) is 3.61. The molecule has 0 spiro atoms. The molecule has 1 aromatic carbocycles. The Kier molecular flexibility index (Phi) is 8.56. The van der Waals surface area contributed by atoms with Crippen LogP contribution in [0.15, 0.2) is 52.6 Å². The molecule has 3 N–H and O–H groups in total. The van der Waals surface area contributed by atoms with E-state index in [-0.39, 0.29) is 11.4 Å². The molecule has 0 fully saturated rings. The molecule has 0 aliphatic heterocycles. The molecule has 0 aliphatic carbocycles. The molecular weight excluding hydrogens is 388 g/mol. The number of nitrogens with one attached hydrogen (secondary N) is 3. The molecule has 1 heterocycles. The quantitative estimate of drug-likeness (QED) is 0.311. The minimum Gasteiger partial charge on any atom is -0.357 e. The highest BCUT2D eigenvalue weighted by molar-refractivity contribution is 7.89. The normalized spacial score (nSPS) is 12.1. The van der Waals surface area contributed by atoms with Gasteiger partial charge < -0.3 is 10.6 Å². The summed E-state index contributed by atoms with van der Waals surface area (Å²) in [5, 5.41) is 10.8. The maximum atomic E-state index is 12.2. The molecule has 8 nitrogen and oxygen atoms in total. The predicted octanol–water partition coefficient (Wildman–Crippen LogP) is 1.46. The van der Waals surface area contributed by atoms with Gasteiger partial charge in [-0.25, -0.2) is 13.1 Å². The number of hydrogen-bond donors (Lipinski definition) is 3. The molecule has 148 valence electrons. The maximum Gasteiger partial charge on any atom is 0.240 e. The molecule has 10 heteroatoms. The SMILES string of the molecule is CCNC(=NCCCn1cccn1)NCCNS(=O)(=O)c1cccc(Cl)c1. The van der Waals surface area contributed by atoms with Crippen molar-refractivity contribution in [2.45, 2.75) is 24.8 Å². The Morgan fingerprint density at radius 1 is 1.26 bits per heavy atom. The van der Waals surface area contributed by atoms with E-state index in [1.807, 2.05) is 23.9 Å². The first-order chi connectivity index (χ1) is 13.0. The minimum absolute atomic E-state index is 0.147. The summed E-state index contributed by atoms with van der Waals surface area (Å²) in [6.45, 7) is 4.78. The zero-order valence-electron chi connectivity index (χ0n) is 15.2. The fraction of sp³-hybridized carbons (Fsp3) is 0.412. The number of nitrogens with zero attached hydrogens (tertiary/aromatic N) is 3. The highest BCUT2D eigenvalue weighted by atomic mass is 35.5. The number of sulfonamides is 1. The molecule has 27 heavy (non-hydrogen) atoms. The van der Waals surface area contributed by atoms with Crippen LogP contribution in [0.1, 0.15) is 13.3 Å². The summed E-state index contributed by atoms with van der Waals surface area (Å²) in [7, 11) is -3.58. The van der Waals surface area contributed by atoms with Gasteiger partial charge in [-0.2, -0.15) is 5.10 Å². The van der Waals surface area contributed by atoms with Crippen LogP contribution in [0.2, 0.25) is 5.02 Å².